The van der Waals surface area contributed by atoms with Crippen molar-refractivity contribution in [2.45, 2.75) is 26.8 Å². The lowest BCUT2D eigenvalue weighted by Crippen LogP contribution is -2.29. The largest absolute Gasteiger partial charge is 0.507 e. The van der Waals surface area contributed by atoms with Gasteiger partial charge in [-0.05, 0) is 79.4 Å². The van der Waals surface area contributed by atoms with Crippen LogP contribution >= 0.6 is 11.3 Å². The van der Waals surface area contributed by atoms with Crippen LogP contribution in [0.15, 0.2) is 48.0 Å². The molecule has 1 N–H and O–H groups in total. The number of hydrogen-bond donors (Lipinski definition) is 1. The number of rotatable bonds is 7. The van der Waals surface area contributed by atoms with Gasteiger partial charge < -0.3 is 24.1 Å². The van der Waals surface area contributed by atoms with Crippen molar-refractivity contribution >= 4 is 44.1 Å². The summed E-state index contributed by atoms with van der Waals surface area (Å²) in [7, 11) is 6.01. The predicted molar refractivity (Wildman–Crippen MR) is 158 cm³/mol. The van der Waals surface area contributed by atoms with Crippen molar-refractivity contribution in [1.29, 1.82) is 0 Å². The monoisotopic (exact) mass is 574 g/mol. The Labute approximate surface area is 241 Å². The highest BCUT2D eigenvalue weighted by atomic mass is 32.1. The van der Waals surface area contributed by atoms with Gasteiger partial charge in [0, 0.05) is 5.56 Å². The van der Waals surface area contributed by atoms with Gasteiger partial charge in [0.25, 0.3) is 5.78 Å². The lowest BCUT2D eigenvalue weighted by atomic mass is 9.94. The number of hydrogen-bond acceptors (Lipinski definition) is 9. The third-order valence-electron chi connectivity index (χ3n) is 7.14. The number of aliphatic hydroxyl groups excluding tert-OH is 1. The van der Waals surface area contributed by atoms with Crippen molar-refractivity contribution in [3.05, 3.63) is 75.9 Å². The maximum absolute atomic E-state index is 13.8. The van der Waals surface area contributed by atoms with E-state index in [2.05, 4.69) is 0 Å². The summed E-state index contributed by atoms with van der Waals surface area (Å²) in [5.41, 5.74) is 4.27. The number of aryl methyl sites for hydroxylation is 3. The molecule has 2 heterocycles. The number of thiazole rings is 1. The number of aromatic nitrogens is 1. The highest BCUT2D eigenvalue weighted by molar-refractivity contribution is 7.22. The minimum absolute atomic E-state index is 0.0824. The van der Waals surface area contributed by atoms with Gasteiger partial charge in [-0.1, -0.05) is 17.4 Å². The molecule has 0 radical (unpaired) electrons. The number of ketones is 1. The van der Waals surface area contributed by atoms with E-state index < -0.39 is 17.7 Å². The van der Waals surface area contributed by atoms with Gasteiger partial charge in [0.05, 0.1) is 50.3 Å². The molecule has 1 aromatic heterocycles. The highest BCUT2D eigenvalue weighted by Gasteiger charge is 2.48. The zero-order valence-electron chi connectivity index (χ0n) is 23.8. The molecule has 3 aromatic carbocycles. The van der Waals surface area contributed by atoms with Crippen LogP contribution in [0, 0.1) is 20.8 Å². The van der Waals surface area contributed by atoms with Crippen LogP contribution in [0.4, 0.5) is 5.13 Å². The first-order valence-corrected chi connectivity index (χ1v) is 13.6. The summed E-state index contributed by atoms with van der Waals surface area (Å²) in [6.07, 6.45) is 0. The van der Waals surface area contributed by atoms with E-state index in [0.717, 1.165) is 26.9 Å². The summed E-state index contributed by atoms with van der Waals surface area (Å²) >= 11 is 1.31. The van der Waals surface area contributed by atoms with E-state index in [0.29, 0.717) is 39.3 Å². The summed E-state index contributed by atoms with van der Waals surface area (Å²) in [5, 5.41) is 11.9. The van der Waals surface area contributed by atoms with Gasteiger partial charge in [-0.25, -0.2) is 4.98 Å². The molecule has 1 amide bonds. The average molecular weight is 575 g/mol. The zero-order valence-corrected chi connectivity index (χ0v) is 24.6. The molecule has 9 nitrogen and oxygen atoms in total. The summed E-state index contributed by atoms with van der Waals surface area (Å²) in [6.45, 7) is 5.77. The molecule has 10 heteroatoms. The minimum Gasteiger partial charge on any atom is -0.507 e. The number of carbonyl (C=O) groups is 2. The fourth-order valence-corrected chi connectivity index (χ4v) is 6.42. The molecule has 1 atom stereocenters. The second-order valence-corrected chi connectivity index (χ2v) is 10.7. The average Bonchev–Trinajstić information content (AvgIpc) is 3.49. The van der Waals surface area contributed by atoms with Crippen molar-refractivity contribution in [3.63, 3.8) is 0 Å². The van der Waals surface area contributed by atoms with Crippen LogP contribution < -0.4 is 23.8 Å². The Balaban J connectivity index is 1.80. The number of nitrogens with zero attached hydrogens (tertiary/aromatic N) is 2. The van der Waals surface area contributed by atoms with E-state index in [1.165, 1.54) is 37.6 Å². The van der Waals surface area contributed by atoms with Crippen LogP contribution in [-0.4, -0.2) is 50.2 Å². The first-order chi connectivity index (χ1) is 19.6. The Hall–Kier alpha value is -4.57. The van der Waals surface area contributed by atoms with Crippen LogP contribution in [0.5, 0.6) is 23.0 Å². The van der Waals surface area contributed by atoms with Crippen LogP contribution in [-0.2, 0) is 9.59 Å². The maximum atomic E-state index is 13.8. The quantitative estimate of drug-likeness (QED) is 0.166. The van der Waals surface area contributed by atoms with Crippen molar-refractivity contribution < 1.29 is 33.6 Å². The van der Waals surface area contributed by atoms with E-state index in [1.807, 2.05) is 32.9 Å². The topological polar surface area (TPSA) is 107 Å². The van der Waals surface area contributed by atoms with Crippen LogP contribution in [0.1, 0.15) is 33.9 Å². The molecule has 0 bridgehead atoms. The second-order valence-electron chi connectivity index (χ2n) is 9.74. The molecule has 212 valence electrons. The van der Waals surface area contributed by atoms with Crippen LogP contribution in [0.3, 0.4) is 0 Å². The number of aliphatic hydroxyl groups is 1. The number of carbonyl (C=O) groups excluding carboxylic acids is 2. The molecule has 4 aromatic rings. The van der Waals surface area contributed by atoms with E-state index in [1.54, 1.807) is 37.4 Å². The van der Waals surface area contributed by atoms with Crippen molar-refractivity contribution in [2.24, 2.45) is 0 Å². The molecule has 1 unspecified atom stereocenters. The number of methoxy groups -OCH3 is 4. The van der Waals surface area contributed by atoms with Gasteiger partial charge in [0.15, 0.2) is 16.6 Å². The zero-order chi connectivity index (χ0) is 29.6. The van der Waals surface area contributed by atoms with Crippen LogP contribution in [0.2, 0.25) is 0 Å². The third-order valence-corrected chi connectivity index (χ3v) is 8.14. The molecule has 1 aliphatic rings. The molecule has 1 saturated heterocycles. The molecular weight excluding hydrogens is 544 g/mol. The predicted octanol–water partition coefficient (Wildman–Crippen LogP) is 5.88. The van der Waals surface area contributed by atoms with Crippen molar-refractivity contribution in [1.82, 2.24) is 4.98 Å². The third kappa shape index (κ3) is 4.63. The Morgan fingerprint density at radius 1 is 0.854 bits per heavy atom. The lowest BCUT2D eigenvalue weighted by molar-refractivity contribution is -0.132. The molecular formula is C31H30N2O7S. The van der Waals surface area contributed by atoms with Gasteiger partial charge >= 0.3 is 5.91 Å². The SMILES string of the molecule is COc1ccc(C(O)=C2C(=O)C(=O)N(c3nc4c(C)cc(C)cc4s3)C2c2cc(OC)c(OC)c(OC)c2)cc1C. The van der Waals surface area contributed by atoms with Crippen molar-refractivity contribution in [2.75, 3.05) is 33.3 Å². The Morgan fingerprint density at radius 2 is 1.51 bits per heavy atom. The first kappa shape index (κ1) is 28.0. The fourth-order valence-electron chi connectivity index (χ4n) is 5.25. The second kappa shape index (κ2) is 10.8. The molecule has 5 rings (SSSR count). The summed E-state index contributed by atoms with van der Waals surface area (Å²) in [6, 6.07) is 11.4. The normalized spacial score (nSPS) is 16.4. The van der Waals surface area contributed by atoms with E-state index in [-0.39, 0.29) is 11.3 Å². The summed E-state index contributed by atoms with van der Waals surface area (Å²) in [4.78, 5) is 33.6. The Kier molecular flexibility index (Phi) is 7.35. The number of Topliss-reactive ketones (excluding diaryl/α,β-unsaturated/α-hetero) is 1. The number of anilines is 1. The Morgan fingerprint density at radius 3 is 2.10 bits per heavy atom. The molecule has 1 aliphatic heterocycles. The lowest BCUT2D eigenvalue weighted by Gasteiger charge is -2.24. The molecule has 1 fully saturated rings. The molecule has 0 saturated carbocycles. The minimum atomic E-state index is -1.03. The molecule has 41 heavy (non-hydrogen) atoms. The number of ether oxygens (including phenoxy) is 4. The van der Waals surface area contributed by atoms with E-state index in [4.69, 9.17) is 23.9 Å². The Bertz CT molecular complexity index is 1720. The fraction of sp³-hybridized carbons (Fsp3) is 0.258. The van der Waals surface area contributed by atoms with Gasteiger partial charge in [-0.2, -0.15) is 0 Å². The van der Waals surface area contributed by atoms with Crippen molar-refractivity contribution in [3.8, 4) is 23.0 Å². The van der Waals surface area contributed by atoms with Gasteiger partial charge in [-0.3, -0.25) is 14.5 Å². The highest BCUT2D eigenvalue weighted by Crippen LogP contribution is 2.48. The van der Waals surface area contributed by atoms with Gasteiger partial charge in [0.1, 0.15) is 11.5 Å². The van der Waals surface area contributed by atoms with E-state index >= 15 is 0 Å². The molecule has 0 aliphatic carbocycles. The van der Waals surface area contributed by atoms with Crippen LogP contribution in [0.25, 0.3) is 16.0 Å². The van der Waals surface area contributed by atoms with Gasteiger partial charge in [-0.15, -0.1) is 0 Å². The number of fused-ring (bicyclic) bond motifs is 1. The summed E-state index contributed by atoms with van der Waals surface area (Å²) in [5.74, 6) is -0.294. The molecule has 0 spiro atoms. The number of benzene rings is 3. The first-order valence-electron chi connectivity index (χ1n) is 12.8. The smallest absolute Gasteiger partial charge is 0.301 e. The maximum Gasteiger partial charge on any atom is 0.301 e. The number of amides is 1. The van der Waals surface area contributed by atoms with Gasteiger partial charge in [0.2, 0.25) is 5.75 Å². The van der Waals surface area contributed by atoms with E-state index in [9.17, 15) is 14.7 Å². The summed E-state index contributed by atoms with van der Waals surface area (Å²) < 4.78 is 22.9. The standard InChI is InChI=1S/C31H30N2O7S/c1-15-10-17(3)25-23(11-15)41-31(32-25)33-26(19-13-21(38-5)29(40-7)22(14-19)39-6)24(28(35)30(33)36)27(34)18-8-9-20(37-4)16(2)12-18/h8-14,26,34H,1-7H3.